The molecule has 2 rings (SSSR count). The van der Waals surface area contributed by atoms with Crippen LogP contribution in [-0.2, 0) is 11.2 Å². The van der Waals surface area contributed by atoms with E-state index in [4.69, 9.17) is 4.74 Å². The van der Waals surface area contributed by atoms with Gasteiger partial charge in [-0.1, -0.05) is 35.0 Å². The van der Waals surface area contributed by atoms with Crippen molar-refractivity contribution in [2.75, 3.05) is 14.2 Å². The second-order valence-corrected chi connectivity index (χ2v) is 7.04. The second-order valence-electron chi connectivity index (χ2n) is 6.12. The highest BCUT2D eigenvalue weighted by atomic mass is 79.9. The van der Waals surface area contributed by atoms with Crippen LogP contribution in [0.5, 0.6) is 0 Å². The van der Waals surface area contributed by atoms with Crippen molar-refractivity contribution in [1.82, 2.24) is 5.32 Å². The Kier molecular flexibility index (Phi) is 5.65. The summed E-state index contributed by atoms with van der Waals surface area (Å²) >= 11 is 3.50. The van der Waals surface area contributed by atoms with Gasteiger partial charge in [0.25, 0.3) is 0 Å². The minimum Gasteiger partial charge on any atom is -0.377 e. The molecule has 20 heavy (non-hydrogen) atoms. The number of benzene rings is 1. The topological polar surface area (TPSA) is 21.3 Å². The van der Waals surface area contributed by atoms with Crippen molar-refractivity contribution in [2.45, 2.75) is 50.7 Å². The van der Waals surface area contributed by atoms with Crippen LogP contribution in [0, 0.1) is 5.92 Å². The molecule has 0 bridgehead atoms. The van der Waals surface area contributed by atoms with Crippen LogP contribution in [0.25, 0.3) is 0 Å². The van der Waals surface area contributed by atoms with Gasteiger partial charge in [0, 0.05) is 17.6 Å². The second kappa shape index (κ2) is 7.06. The molecule has 3 heteroatoms. The van der Waals surface area contributed by atoms with Crippen LogP contribution in [0.4, 0.5) is 0 Å². The molecule has 1 atom stereocenters. The SMILES string of the molecule is CNC(Cc1ccc(Br)cc1)C1(OC)CCC(C)CC1. The Balaban J connectivity index is 2.11. The van der Waals surface area contributed by atoms with Gasteiger partial charge >= 0.3 is 0 Å². The number of likely N-dealkylation sites (N-methyl/N-ethyl adjacent to an activating group) is 1. The predicted octanol–water partition coefficient (Wildman–Crippen LogP) is 4.17. The minimum atomic E-state index is -0.00562. The van der Waals surface area contributed by atoms with E-state index in [2.05, 4.69) is 59.5 Å². The van der Waals surface area contributed by atoms with Gasteiger partial charge in [0.15, 0.2) is 0 Å². The van der Waals surface area contributed by atoms with Gasteiger partial charge in [0.2, 0.25) is 0 Å². The smallest absolute Gasteiger partial charge is 0.0834 e. The molecule has 112 valence electrons. The summed E-state index contributed by atoms with van der Waals surface area (Å²) in [7, 11) is 3.93. The van der Waals surface area contributed by atoms with Crippen molar-refractivity contribution in [1.29, 1.82) is 0 Å². The molecular formula is C17H26BrNO. The van der Waals surface area contributed by atoms with Crippen LogP contribution in [0.3, 0.4) is 0 Å². The first kappa shape index (κ1) is 16.0. The van der Waals surface area contributed by atoms with Crippen molar-refractivity contribution in [3.05, 3.63) is 34.3 Å². The van der Waals surface area contributed by atoms with Crippen LogP contribution in [0.1, 0.15) is 38.2 Å². The van der Waals surface area contributed by atoms with E-state index in [-0.39, 0.29) is 5.60 Å². The normalized spacial score (nSPS) is 28.3. The van der Waals surface area contributed by atoms with Gasteiger partial charge in [-0.25, -0.2) is 0 Å². The summed E-state index contributed by atoms with van der Waals surface area (Å²) in [6.45, 7) is 2.35. The van der Waals surface area contributed by atoms with Gasteiger partial charge in [-0.05, 0) is 62.8 Å². The first-order valence-electron chi connectivity index (χ1n) is 7.56. The highest BCUT2D eigenvalue weighted by molar-refractivity contribution is 9.10. The fourth-order valence-corrected chi connectivity index (χ4v) is 3.62. The monoisotopic (exact) mass is 339 g/mol. The van der Waals surface area contributed by atoms with Crippen LogP contribution < -0.4 is 5.32 Å². The van der Waals surface area contributed by atoms with Gasteiger partial charge in [0.05, 0.1) is 5.60 Å². The predicted molar refractivity (Wildman–Crippen MR) is 88.1 cm³/mol. The van der Waals surface area contributed by atoms with E-state index in [0.717, 1.165) is 29.7 Å². The maximum atomic E-state index is 6.00. The summed E-state index contributed by atoms with van der Waals surface area (Å²) in [6.07, 6.45) is 5.88. The first-order chi connectivity index (χ1) is 9.59. The standard InChI is InChI=1S/C17H26BrNO/c1-13-8-10-17(20-3,11-9-13)16(19-2)12-14-4-6-15(18)7-5-14/h4-7,13,16,19H,8-12H2,1-3H3. The van der Waals surface area contributed by atoms with Gasteiger partial charge in [-0.3, -0.25) is 0 Å². The molecule has 2 nitrogen and oxygen atoms in total. The number of methoxy groups -OCH3 is 1. The molecule has 0 spiro atoms. The highest BCUT2D eigenvalue weighted by Crippen LogP contribution is 2.37. The quantitative estimate of drug-likeness (QED) is 0.868. The Morgan fingerprint density at radius 3 is 2.40 bits per heavy atom. The molecule has 1 aromatic rings. The van der Waals surface area contributed by atoms with Crippen molar-refractivity contribution < 1.29 is 4.74 Å². The fraction of sp³-hybridized carbons (Fsp3) is 0.647. The molecule has 0 heterocycles. The van der Waals surface area contributed by atoms with Crippen LogP contribution in [0.15, 0.2) is 28.7 Å². The third kappa shape index (κ3) is 3.63. The lowest BCUT2D eigenvalue weighted by atomic mass is 9.74. The van der Waals surface area contributed by atoms with E-state index in [9.17, 15) is 0 Å². The maximum Gasteiger partial charge on any atom is 0.0834 e. The molecule has 0 saturated heterocycles. The molecule has 0 amide bonds. The number of rotatable bonds is 5. The molecule has 0 aromatic heterocycles. The number of hydrogen-bond donors (Lipinski definition) is 1. The lowest BCUT2D eigenvalue weighted by molar-refractivity contribution is -0.0730. The van der Waals surface area contributed by atoms with Crippen molar-refractivity contribution in [3.8, 4) is 0 Å². The molecule has 1 fully saturated rings. The largest absolute Gasteiger partial charge is 0.377 e. The zero-order valence-corrected chi connectivity index (χ0v) is 14.4. The molecule has 1 saturated carbocycles. The zero-order valence-electron chi connectivity index (χ0n) is 12.8. The third-order valence-corrected chi connectivity index (χ3v) is 5.39. The maximum absolute atomic E-state index is 6.00. The number of nitrogens with one attached hydrogen (secondary N) is 1. The number of hydrogen-bond acceptors (Lipinski definition) is 2. The molecule has 1 unspecified atom stereocenters. The lowest BCUT2D eigenvalue weighted by Crippen LogP contribution is -2.54. The van der Waals surface area contributed by atoms with Crippen LogP contribution >= 0.6 is 15.9 Å². The Labute approximate surface area is 131 Å². The Morgan fingerprint density at radius 1 is 1.30 bits per heavy atom. The average molecular weight is 340 g/mol. The molecule has 1 aromatic carbocycles. The molecule has 1 aliphatic carbocycles. The summed E-state index contributed by atoms with van der Waals surface area (Å²) in [5.41, 5.74) is 1.36. The van der Waals surface area contributed by atoms with E-state index < -0.39 is 0 Å². The van der Waals surface area contributed by atoms with Gasteiger partial charge in [-0.15, -0.1) is 0 Å². The first-order valence-corrected chi connectivity index (χ1v) is 8.36. The number of halogens is 1. The van der Waals surface area contributed by atoms with Gasteiger partial charge in [0.1, 0.15) is 0 Å². The number of ether oxygens (including phenoxy) is 1. The summed E-state index contributed by atoms with van der Waals surface area (Å²) in [5, 5.41) is 3.50. The van der Waals surface area contributed by atoms with E-state index in [0.29, 0.717) is 6.04 Å². The van der Waals surface area contributed by atoms with Gasteiger partial charge in [-0.2, -0.15) is 0 Å². The Hall–Kier alpha value is -0.380. The van der Waals surface area contributed by atoms with Crippen LogP contribution in [0.2, 0.25) is 0 Å². The van der Waals surface area contributed by atoms with Crippen LogP contribution in [-0.4, -0.2) is 25.8 Å². The molecular weight excluding hydrogens is 314 g/mol. The fourth-order valence-electron chi connectivity index (χ4n) is 3.35. The minimum absolute atomic E-state index is 0.00562. The van der Waals surface area contributed by atoms with E-state index in [1.54, 1.807) is 0 Å². The zero-order chi connectivity index (χ0) is 14.6. The molecule has 0 aliphatic heterocycles. The van der Waals surface area contributed by atoms with Crippen molar-refractivity contribution in [3.63, 3.8) is 0 Å². The summed E-state index contributed by atoms with van der Waals surface area (Å²) in [5.74, 6) is 0.837. The molecule has 1 N–H and O–H groups in total. The summed E-state index contributed by atoms with van der Waals surface area (Å²) in [4.78, 5) is 0. The highest BCUT2D eigenvalue weighted by Gasteiger charge is 2.40. The Bertz CT molecular complexity index is 410. The Morgan fingerprint density at radius 2 is 1.90 bits per heavy atom. The summed E-state index contributed by atoms with van der Waals surface area (Å²) < 4.78 is 7.14. The van der Waals surface area contributed by atoms with E-state index in [1.807, 2.05) is 7.11 Å². The van der Waals surface area contributed by atoms with Gasteiger partial charge < -0.3 is 10.1 Å². The molecule has 1 aliphatic rings. The summed E-state index contributed by atoms with van der Waals surface area (Å²) in [6, 6.07) is 9.00. The van der Waals surface area contributed by atoms with Crippen molar-refractivity contribution in [2.24, 2.45) is 5.92 Å². The molecule has 0 radical (unpaired) electrons. The lowest BCUT2D eigenvalue weighted by Gasteiger charge is -2.44. The average Bonchev–Trinajstić information content (AvgIpc) is 2.48. The van der Waals surface area contributed by atoms with Crippen molar-refractivity contribution >= 4 is 15.9 Å². The van der Waals surface area contributed by atoms with E-state index in [1.165, 1.54) is 18.4 Å². The third-order valence-electron chi connectivity index (χ3n) is 4.86. The van der Waals surface area contributed by atoms with E-state index >= 15 is 0 Å².